The summed E-state index contributed by atoms with van der Waals surface area (Å²) in [5.74, 6) is 0.661. The van der Waals surface area contributed by atoms with Crippen LogP contribution in [-0.4, -0.2) is 49.3 Å². The zero-order valence-electron chi connectivity index (χ0n) is 15.6. The molecule has 1 aromatic heterocycles. The van der Waals surface area contributed by atoms with Crippen molar-refractivity contribution >= 4 is 5.91 Å². The average molecular weight is 382 g/mol. The second-order valence-corrected chi connectivity index (χ2v) is 7.14. The summed E-state index contributed by atoms with van der Waals surface area (Å²) < 4.78 is 16.7. The number of carbonyl (C=O) groups is 1. The molecular weight excluding hydrogens is 360 g/mol. The van der Waals surface area contributed by atoms with Gasteiger partial charge >= 0.3 is 5.91 Å². The quantitative estimate of drug-likeness (QED) is 0.752. The zero-order valence-corrected chi connectivity index (χ0v) is 15.6. The summed E-state index contributed by atoms with van der Waals surface area (Å²) in [7, 11) is 1.66. The van der Waals surface area contributed by atoms with Crippen molar-refractivity contribution in [3.05, 3.63) is 35.9 Å². The Hall–Kier alpha value is -2.89. The minimum Gasteiger partial charge on any atom is -0.490 e. The van der Waals surface area contributed by atoms with Crippen molar-refractivity contribution in [2.75, 3.05) is 20.3 Å². The average Bonchev–Trinajstić information content (AvgIpc) is 3.19. The molecule has 1 aliphatic heterocycles. The smallest absolute Gasteiger partial charge is 0.307 e. The number of methoxy groups -OCH3 is 1. The maximum atomic E-state index is 12.5. The number of oxazole rings is 1. The summed E-state index contributed by atoms with van der Waals surface area (Å²) in [4.78, 5) is 16.6. The molecule has 2 aliphatic rings. The lowest BCUT2D eigenvalue weighted by Crippen LogP contribution is -2.36. The van der Waals surface area contributed by atoms with Gasteiger partial charge in [0.25, 0.3) is 5.89 Å². The SMILES string of the molecule is COC[C@H]1C[C@@H](NC(=O)c2ncc(-c3cc(C#N)ccc3OC3CC3)o2)CN1. The molecule has 28 heavy (non-hydrogen) atoms. The Morgan fingerprint density at radius 3 is 3.07 bits per heavy atom. The number of rotatable bonds is 7. The van der Waals surface area contributed by atoms with Gasteiger partial charge in [0.2, 0.25) is 0 Å². The first-order valence-corrected chi connectivity index (χ1v) is 9.36. The highest BCUT2D eigenvalue weighted by Crippen LogP contribution is 2.35. The lowest BCUT2D eigenvalue weighted by molar-refractivity contribution is 0.0904. The summed E-state index contributed by atoms with van der Waals surface area (Å²) in [6.45, 7) is 1.28. The molecule has 0 spiro atoms. The normalized spacial score (nSPS) is 21.3. The van der Waals surface area contributed by atoms with Crippen molar-refractivity contribution < 1.29 is 18.7 Å². The molecule has 1 saturated heterocycles. The highest BCUT2D eigenvalue weighted by atomic mass is 16.5. The van der Waals surface area contributed by atoms with Crippen LogP contribution in [0.5, 0.6) is 5.75 Å². The molecule has 0 radical (unpaired) electrons. The van der Waals surface area contributed by atoms with E-state index in [-0.39, 0.29) is 30.0 Å². The largest absolute Gasteiger partial charge is 0.490 e. The lowest BCUT2D eigenvalue weighted by atomic mass is 10.1. The molecule has 1 aromatic carbocycles. The Balaban J connectivity index is 1.48. The van der Waals surface area contributed by atoms with Gasteiger partial charge < -0.3 is 24.5 Å². The Kier molecular flexibility index (Phi) is 5.28. The number of benzene rings is 1. The van der Waals surface area contributed by atoms with Crippen molar-refractivity contribution in [3.8, 4) is 23.1 Å². The summed E-state index contributed by atoms with van der Waals surface area (Å²) >= 11 is 0. The van der Waals surface area contributed by atoms with Crippen LogP contribution in [0.2, 0.25) is 0 Å². The molecule has 2 heterocycles. The highest BCUT2D eigenvalue weighted by Gasteiger charge is 2.28. The van der Waals surface area contributed by atoms with Crippen molar-refractivity contribution in [2.45, 2.75) is 37.5 Å². The number of aromatic nitrogens is 1. The summed E-state index contributed by atoms with van der Waals surface area (Å²) in [5.41, 5.74) is 1.11. The fourth-order valence-electron chi connectivity index (χ4n) is 3.27. The van der Waals surface area contributed by atoms with Gasteiger partial charge in [-0.05, 0) is 37.5 Å². The molecule has 0 bridgehead atoms. The minimum absolute atomic E-state index is 0.00122. The molecule has 8 heteroatoms. The number of ether oxygens (including phenoxy) is 2. The van der Waals surface area contributed by atoms with E-state index in [2.05, 4.69) is 21.7 Å². The number of carbonyl (C=O) groups excluding carboxylic acids is 1. The van der Waals surface area contributed by atoms with Gasteiger partial charge in [0, 0.05) is 25.7 Å². The minimum atomic E-state index is -0.364. The molecule has 2 fully saturated rings. The fourth-order valence-corrected chi connectivity index (χ4v) is 3.27. The predicted octanol–water partition coefficient (Wildman–Crippen LogP) is 1.86. The van der Waals surface area contributed by atoms with Gasteiger partial charge in [-0.1, -0.05) is 0 Å². The van der Waals surface area contributed by atoms with Crippen molar-refractivity contribution in [3.63, 3.8) is 0 Å². The van der Waals surface area contributed by atoms with Gasteiger partial charge in [-0.2, -0.15) is 5.26 Å². The zero-order chi connectivity index (χ0) is 19.5. The molecule has 1 saturated carbocycles. The van der Waals surface area contributed by atoms with Crippen LogP contribution in [-0.2, 0) is 4.74 Å². The van der Waals surface area contributed by atoms with Gasteiger partial charge in [0.05, 0.1) is 36.1 Å². The number of hydrogen-bond acceptors (Lipinski definition) is 7. The van der Waals surface area contributed by atoms with Gasteiger partial charge in [0.1, 0.15) is 5.75 Å². The Morgan fingerprint density at radius 2 is 2.32 bits per heavy atom. The van der Waals surface area contributed by atoms with Crippen LogP contribution >= 0.6 is 0 Å². The molecule has 1 aliphatic carbocycles. The predicted molar refractivity (Wildman–Crippen MR) is 99.8 cm³/mol. The molecule has 4 rings (SSSR count). The van der Waals surface area contributed by atoms with E-state index in [1.165, 1.54) is 6.20 Å². The van der Waals surface area contributed by atoms with Crippen LogP contribution < -0.4 is 15.4 Å². The second-order valence-electron chi connectivity index (χ2n) is 7.14. The van der Waals surface area contributed by atoms with E-state index in [9.17, 15) is 10.1 Å². The van der Waals surface area contributed by atoms with Crippen molar-refractivity contribution in [1.82, 2.24) is 15.6 Å². The third kappa shape index (κ3) is 4.16. The van der Waals surface area contributed by atoms with Crippen molar-refractivity contribution in [2.24, 2.45) is 0 Å². The summed E-state index contributed by atoms with van der Waals surface area (Å²) in [5, 5.41) is 15.4. The van der Waals surface area contributed by atoms with E-state index in [0.717, 1.165) is 19.3 Å². The van der Waals surface area contributed by atoms with E-state index >= 15 is 0 Å². The lowest BCUT2D eigenvalue weighted by Gasteiger charge is -2.11. The standard InChI is InChI=1S/C20H22N4O4/c1-26-11-14-7-13(9-22-14)24-19(25)20-23-10-18(28-20)16-6-12(8-21)2-5-17(16)27-15-3-4-15/h2,5-6,10,13-15,22H,3-4,7,9,11H2,1H3,(H,24,25)/t13-,14-/m1/s1. The van der Waals surface area contributed by atoms with Gasteiger partial charge in [0.15, 0.2) is 5.76 Å². The monoisotopic (exact) mass is 382 g/mol. The Morgan fingerprint density at radius 1 is 1.46 bits per heavy atom. The van der Waals surface area contributed by atoms with E-state index in [1.807, 2.05) is 0 Å². The van der Waals surface area contributed by atoms with E-state index < -0.39 is 0 Å². The first kappa shape index (κ1) is 18.5. The van der Waals surface area contributed by atoms with Crippen LogP contribution in [0.4, 0.5) is 0 Å². The van der Waals surface area contributed by atoms with Crippen LogP contribution in [0.25, 0.3) is 11.3 Å². The highest BCUT2D eigenvalue weighted by molar-refractivity contribution is 5.90. The van der Waals surface area contributed by atoms with Gasteiger partial charge in [-0.15, -0.1) is 0 Å². The molecule has 2 atom stereocenters. The maximum Gasteiger partial charge on any atom is 0.307 e. The molecule has 1 amide bonds. The third-order valence-corrected chi connectivity index (χ3v) is 4.82. The first-order chi connectivity index (χ1) is 13.7. The Bertz CT molecular complexity index is 900. The molecule has 146 valence electrons. The number of hydrogen-bond donors (Lipinski definition) is 2. The van der Waals surface area contributed by atoms with Crippen LogP contribution in [0, 0.1) is 11.3 Å². The van der Waals surface area contributed by atoms with Crippen LogP contribution in [0.1, 0.15) is 35.5 Å². The molecule has 8 nitrogen and oxygen atoms in total. The van der Waals surface area contributed by atoms with Gasteiger partial charge in [-0.3, -0.25) is 4.79 Å². The molecule has 0 unspecified atom stereocenters. The third-order valence-electron chi connectivity index (χ3n) is 4.82. The molecular formula is C20H22N4O4. The Labute approximate surface area is 162 Å². The topological polar surface area (TPSA) is 109 Å². The van der Waals surface area contributed by atoms with Crippen LogP contribution in [0.3, 0.4) is 0 Å². The maximum absolute atomic E-state index is 12.5. The molecule has 2 aromatic rings. The summed E-state index contributed by atoms with van der Waals surface area (Å²) in [6, 6.07) is 7.49. The first-order valence-electron chi connectivity index (χ1n) is 9.36. The van der Waals surface area contributed by atoms with E-state index in [4.69, 9.17) is 13.9 Å². The number of nitrogens with one attached hydrogen (secondary N) is 2. The van der Waals surface area contributed by atoms with E-state index in [0.29, 0.717) is 35.8 Å². The number of nitriles is 1. The number of nitrogens with zero attached hydrogens (tertiary/aromatic N) is 2. The fraction of sp³-hybridized carbons (Fsp3) is 0.450. The van der Waals surface area contributed by atoms with Gasteiger partial charge in [-0.25, -0.2) is 4.98 Å². The number of amides is 1. The van der Waals surface area contributed by atoms with Crippen molar-refractivity contribution in [1.29, 1.82) is 5.26 Å². The van der Waals surface area contributed by atoms with Crippen LogP contribution in [0.15, 0.2) is 28.8 Å². The second kappa shape index (κ2) is 8.00. The summed E-state index contributed by atoms with van der Waals surface area (Å²) in [6.07, 6.45) is 4.52. The molecule has 2 N–H and O–H groups in total. The van der Waals surface area contributed by atoms with E-state index in [1.54, 1.807) is 25.3 Å².